The molecule has 1 aliphatic heterocycles. The highest BCUT2D eigenvalue weighted by atomic mass is 32.5. The lowest BCUT2D eigenvalue weighted by molar-refractivity contribution is -0.0542. The molecule has 1 aromatic heterocycles. The molecule has 1 fully saturated rings. The Morgan fingerprint density at radius 3 is 2.40 bits per heavy atom. The van der Waals surface area contributed by atoms with Crippen LogP contribution in [0.5, 0.6) is 0 Å². The predicted octanol–water partition coefficient (Wildman–Crippen LogP) is 0.434. The van der Waals surface area contributed by atoms with Gasteiger partial charge in [0.25, 0.3) is 5.56 Å². The highest BCUT2D eigenvalue weighted by Gasteiger charge is 2.49. The smallest absolute Gasteiger partial charge is 0.330 e. The summed E-state index contributed by atoms with van der Waals surface area (Å²) in [7, 11) is -3.06. The summed E-state index contributed by atoms with van der Waals surface area (Å²) in [6.45, 7) is 1.18. The summed E-state index contributed by atoms with van der Waals surface area (Å²) in [5.74, 6) is 0. The van der Waals surface area contributed by atoms with Gasteiger partial charge in [0.05, 0.1) is 17.9 Å². The lowest BCUT2D eigenvalue weighted by atomic mass is 10.1. The Kier molecular flexibility index (Phi) is 8.02. The molecule has 15 heteroatoms. The lowest BCUT2D eigenvalue weighted by Crippen LogP contribution is -2.39. The number of methoxy groups -OCH3 is 1. The van der Waals surface area contributed by atoms with E-state index in [-0.39, 0.29) is 6.42 Å². The fraction of sp³-hybridized carbons (Fsp3) is 0.733. The van der Waals surface area contributed by atoms with Crippen LogP contribution in [0.4, 0.5) is 0 Å². The molecule has 172 valence electrons. The van der Waals surface area contributed by atoms with Crippen molar-refractivity contribution in [2.45, 2.75) is 57.3 Å². The van der Waals surface area contributed by atoms with Crippen molar-refractivity contribution in [3.63, 3.8) is 0 Å². The van der Waals surface area contributed by atoms with E-state index in [0.29, 0.717) is 0 Å². The molecule has 2 heterocycles. The highest BCUT2D eigenvalue weighted by molar-refractivity contribution is 8.07. The zero-order valence-electron chi connectivity index (χ0n) is 16.8. The van der Waals surface area contributed by atoms with Gasteiger partial charge in [0.1, 0.15) is 12.2 Å². The quantitative estimate of drug-likeness (QED) is 0.374. The number of hydrogen-bond donors (Lipinski definition) is 4. The molecule has 0 saturated carbocycles. The second-order valence-electron chi connectivity index (χ2n) is 7.70. The number of nitrogens with zero attached hydrogens (tertiary/aromatic N) is 1. The molecule has 0 bridgehead atoms. The first-order valence-electron chi connectivity index (χ1n) is 8.88. The van der Waals surface area contributed by atoms with Crippen LogP contribution in [0, 0.1) is 0 Å². The summed E-state index contributed by atoms with van der Waals surface area (Å²) in [6, 6.07) is 1.11. The molecule has 0 spiro atoms. The summed E-state index contributed by atoms with van der Waals surface area (Å²) in [5.41, 5.74) is -2.22. The Bertz CT molecular complexity index is 952. The van der Waals surface area contributed by atoms with Crippen LogP contribution in [0.15, 0.2) is 21.9 Å². The van der Waals surface area contributed by atoms with Crippen molar-refractivity contribution in [1.29, 1.82) is 0 Å². The van der Waals surface area contributed by atoms with Crippen LogP contribution in [-0.2, 0) is 34.9 Å². The number of hydrogen-bond acceptors (Lipinski definition) is 8. The Morgan fingerprint density at radius 1 is 1.27 bits per heavy atom. The normalized spacial score (nSPS) is 27.2. The van der Waals surface area contributed by atoms with Crippen molar-refractivity contribution in [1.82, 2.24) is 9.55 Å². The maximum Gasteiger partial charge on any atom is 0.330 e. The Balaban J connectivity index is 2.39. The van der Waals surface area contributed by atoms with Crippen molar-refractivity contribution in [3.05, 3.63) is 33.1 Å². The molecular weight excluding hydrogens is 462 g/mol. The second kappa shape index (κ2) is 9.41. The van der Waals surface area contributed by atoms with E-state index < -0.39 is 61.9 Å². The molecule has 2 unspecified atom stereocenters. The molecule has 1 aromatic rings. The molecule has 5 atom stereocenters. The number of rotatable bonds is 8. The summed E-state index contributed by atoms with van der Waals surface area (Å²) in [6.07, 6.45) is -3.73. The number of ether oxygens (including phenoxy) is 2. The number of aromatic amines is 1. The van der Waals surface area contributed by atoms with Crippen molar-refractivity contribution < 1.29 is 37.8 Å². The Morgan fingerprint density at radius 2 is 1.90 bits per heavy atom. The van der Waals surface area contributed by atoms with Gasteiger partial charge in [-0.05, 0) is 39.0 Å². The van der Waals surface area contributed by atoms with Gasteiger partial charge in [-0.3, -0.25) is 23.4 Å². The summed E-state index contributed by atoms with van der Waals surface area (Å²) in [5, 5.41) is 0. The molecular formula is C15H26N2O10P2S. The standard InChI is InChI=1S/C15H26N2O10P2S/c1-15(2,3)27-29(23,30)26-11-9(6-8-28(20,21)22)25-13(12(11)24-4)17-7-5-10(18)16-14(17)19/h5,7,9,11-13H,6,8H2,1-4H3,(H,23,30)(H,16,18,19)(H2,20,21,22)/t9-,11?,12+,13-,29?/m1/s1. The fourth-order valence-corrected chi connectivity index (χ4v) is 5.85. The monoisotopic (exact) mass is 488 g/mol. The van der Waals surface area contributed by atoms with Crippen LogP contribution in [0.2, 0.25) is 0 Å². The fourth-order valence-electron chi connectivity index (χ4n) is 2.99. The molecule has 30 heavy (non-hydrogen) atoms. The predicted molar refractivity (Wildman–Crippen MR) is 110 cm³/mol. The van der Waals surface area contributed by atoms with Crippen molar-refractivity contribution in [3.8, 4) is 0 Å². The highest BCUT2D eigenvalue weighted by Crippen LogP contribution is 2.52. The third-order valence-corrected chi connectivity index (χ3v) is 6.64. The van der Waals surface area contributed by atoms with E-state index in [2.05, 4.69) is 4.98 Å². The van der Waals surface area contributed by atoms with Gasteiger partial charge in [-0.15, -0.1) is 0 Å². The summed E-state index contributed by atoms with van der Waals surface area (Å²) in [4.78, 5) is 54.6. The molecule has 0 amide bonds. The van der Waals surface area contributed by atoms with Gasteiger partial charge in [-0.25, -0.2) is 4.79 Å². The van der Waals surface area contributed by atoms with E-state index in [1.54, 1.807) is 20.8 Å². The van der Waals surface area contributed by atoms with Gasteiger partial charge in [0, 0.05) is 19.4 Å². The maximum atomic E-state index is 12.2. The van der Waals surface area contributed by atoms with Gasteiger partial charge in [-0.2, -0.15) is 0 Å². The maximum absolute atomic E-state index is 12.2. The van der Waals surface area contributed by atoms with Crippen LogP contribution in [0.1, 0.15) is 33.4 Å². The van der Waals surface area contributed by atoms with Crippen LogP contribution in [-0.4, -0.2) is 61.4 Å². The number of H-pyrrole nitrogens is 1. The molecule has 4 N–H and O–H groups in total. The first-order valence-corrected chi connectivity index (χ1v) is 13.3. The van der Waals surface area contributed by atoms with Crippen LogP contribution in [0.25, 0.3) is 0 Å². The topological polar surface area (TPSA) is 170 Å². The zero-order chi connectivity index (χ0) is 22.9. The van der Waals surface area contributed by atoms with Crippen LogP contribution >= 0.6 is 14.3 Å². The molecule has 12 nitrogen and oxygen atoms in total. The van der Waals surface area contributed by atoms with Crippen LogP contribution < -0.4 is 11.2 Å². The van der Waals surface area contributed by atoms with Crippen molar-refractivity contribution >= 4 is 26.1 Å². The molecule has 0 aromatic carbocycles. The minimum atomic E-state index is -4.37. The van der Waals surface area contributed by atoms with E-state index in [1.807, 2.05) is 0 Å². The molecule has 0 aliphatic carbocycles. The second-order valence-corrected chi connectivity index (χ2v) is 12.2. The van der Waals surface area contributed by atoms with E-state index in [0.717, 1.165) is 10.6 Å². The van der Waals surface area contributed by atoms with E-state index in [9.17, 15) is 28.8 Å². The molecule has 1 saturated heterocycles. The molecule has 2 rings (SSSR count). The van der Waals surface area contributed by atoms with Gasteiger partial charge in [0.15, 0.2) is 6.23 Å². The van der Waals surface area contributed by atoms with Crippen molar-refractivity contribution in [2.24, 2.45) is 0 Å². The SMILES string of the molecule is CO[C@H]1C(OP(O)(=S)OC(C)(C)C)[C@@H](CCP(=O)(O)O)O[C@H]1n1ccc(=O)[nH]c1=O. The van der Waals surface area contributed by atoms with E-state index in [1.165, 1.54) is 13.3 Å². The molecule has 1 aliphatic rings. The minimum Gasteiger partial charge on any atom is -0.374 e. The van der Waals surface area contributed by atoms with Gasteiger partial charge < -0.3 is 28.7 Å². The third-order valence-electron chi connectivity index (χ3n) is 4.03. The largest absolute Gasteiger partial charge is 0.374 e. The average Bonchev–Trinajstić information content (AvgIpc) is 2.86. The van der Waals surface area contributed by atoms with Crippen LogP contribution in [0.3, 0.4) is 0 Å². The van der Waals surface area contributed by atoms with Crippen molar-refractivity contribution in [2.75, 3.05) is 13.3 Å². The lowest BCUT2D eigenvalue weighted by Gasteiger charge is -2.31. The Labute approximate surface area is 177 Å². The number of aromatic nitrogens is 2. The van der Waals surface area contributed by atoms with Gasteiger partial charge in [-0.1, -0.05) is 0 Å². The van der Waals surface area contributed by atoms with E-state index >= 15 is 0 Å². The van der Waals surface area contributed by atoms with Gasteiger partial charge in [0.2, 0.25) is 0 Å². The third kappa shape index (κ3) is 7.16. The zero-order valence-corrected chi connectivity index (χ0v) is 19.4. The van der Waals surface area contributed by atoms with Gasteiger partial charge >= 0.3 is 20.0 Å². The first kappa shape index (κ1) is 25.5. The first-order chi connectivity index (χ1) is 13.6. The Hall–Kier alpha value is -0.720. The summed E-state index contributed by atoms with van der Waals surface area (Å²) >= 11 is 5.08. The minimum absolute atomic E-state index is 0.172. The number of nitrogens with one attached hydrogen (secondary N) is 1. The summed E-state index contributed by atoms with van der Waals surface area (Å²) < 4.78 is 34.7. The van der Waals surface area contributed by atoms with E-state index in [4.69, 9.17) is 30.3 Å². The average molecular weight is 488 g/mol. The molecule has 0 radical (unpaired) electrons.